The number of methoxy groups -OCH3 is 2. The van der Waals surface area contributed by atoms with Crippen molar-refractivity contribution in [2.24, 2.45) is 0 Å². The van der Waals surface area contributed by atoms with E-state index >= 15 is 0 Å². The molecule has 6 heteroatoms. The van der Waals surface area contributed by atoms with Gasteiger partial charge in [0.2, 0.25) is 0 Å². The minimum absolute atomic E-state index is 0.124. The minimum Gasteiger partial charge on any atom is -0.497 e. The second-order valence-electron chi connectivity index (χ2n) is 5.95. The zero-order valence-electron chi connectivity index (χ0n) is 14.9. The molecule has 0 aliphatic carbocycles. The minimum atomic E-state index is -0.928. The average molecular weight is 366 g/mol. The molecular weight excluding hydrogens is 348 g/mol. The van der Waals surface area contributed by atoms with Gasteiger partial charge in [-0.05, 0) is 17.7 Å². The third kappa shape index (κ3) is 3.89. The first-order valence-electron chi connectivity index (χ1n) is 8.31. The van der Waals surface area contributed by atoms with E-state index in [9.17, 15) is 14.4 Å². The van der Waals surface area contributed by atoms with Gasteiger partial charge in [-0.2, -0.15) is 0 Å². The molecule has 3 rings (SSSR count). The van der Waals surface area contributed by atoms with E-state index < -0.39 is 17.5 Å². The predicted molar refractivity (Wildman–Crippen MR) is 99.2 cm³/mol. The van der Waals surface area contributed by atoms with Crippen LogP contribution in [0.1, 0.15) is 28.3 Å². The molecule has 0 aliphatic rings. The van der Waals surface area contributed by atoms with E-state index in [4.69, 9.17) is 13.9 Å². The summed E-state index contributed by atoms with van der Waals surface area (Å²) in [6, 6.07) is 14.8. The maximum absolute atomic E-state index is 12.6. The topological polar surface area (TPSA) is 82.8 Å². The SMILES string of the molecule is COC(=O)C(CC(=O)c1ccccc1)c1cc(=O)oc2cc(OC)ccc12. The van der Waals surface area contributed by atoms with Gasteiger partial charge in [0.1, 0.15) is 11.3 Å². The molecule has 0 saturated carbocycles. The Morgan fingerprint density at radius 2 is 1.78 bits per heavy atom. The maximum Gasteiger partial charge on any atom is 0.336 e. The number of benzene rings is 2. The quantitative estimate of drug-likeness (QED) is 0.378. The van der Waals surface area contributed by atoms with Gasteiger partial charge in [-0.25, -0.2) is 4.79 Å². The summed E-state index contributed by atoms with van der Waals surface area (Å²) in [5.74, 6) is -1.23. The van der Waals surface area contributed by atoms with E-state index in [2.05, 4.69) is 0 Å². The lowest BCUT2D eigenvalue weighted by Gasteiger charge is -2.16. The molecule has 0 amide bonds. The number of ketones is 1. The molecule has 0 saturated heterocycles. The first kappa shape index (κ1) is 18.4. The van der Waals surface area contributed by atoms with Crippen LogP contribution in [0.4, 0.5) is 0 Å². The van der Waals surface area contributed by atoms with Crippen molar-refractivity contribution in [3.05, 3.63) is 76.1 Å². The number of hydrogen-bond acceptors (Lipinski definition) is 6. The van der Waals surface area contributed by atoms with Gasteiger partial charge in [-0.15, -0.1) is 0 Å². The number of esters is 1. The molecule has 0 fully saturated rings. The highest BCUT2D eigenvalue weighted by Crippen LogP contribution is 2.31. The number of Topliss-reactive ketones (excluding diaryl/α,β-unsaturated/α-hetero) is 1. The molecule has 1 aromatic heterocycles. The highest BCUT2D eigenvalue weighted by atomic mass is 16.5. The lowest BCUT2D eigenvalue weighted by Crippen LogP contribution is -2.20. The van der Waals surface area contributed by atoms with Gasteiger partial charge in [0, 0.05) is 29.5 Å². The van der Waals surface area contributed by atoms with E-state index in [-0.39, 0.29) is 17.8 Å². The van der Waals surface area contributed by atoms with Crippen molar-refractivity contribution >= 4 is 22.7 Å². The van der Waals surface area contributed by atoms with Gasteiger partial charge in [0.05, 0.1) is 20.1 Å². The molecular formula is C21H18O6. The fraction of sp³-hybridized carbons (Fsp3) is 0.190. The van der Waals surface area contributed by atoms with Crippen LogP contribution in [0, 0.1) is 0 Å². The van der Waals surface area contributed by atoms with Crippen LogP contribution in [0.5, 0.6) is 5.75 Å². The zero-order chi connectivity index (χ0) is 19.4. The van der Waals surface area contributed by atoms with Crippen molar-refractivity contribution in [3.8, 4) is 5.75 Å². The standard InChI is InChI=1S/C21H18O6/c1-25-14-8-9-15-16(12-20(23)27-19(15)10-14)17(21(24)26-2)11-18(22)13-6-4-3-5-7-13/h3-10,12,17H,11H2,1-2H3. The van der Waals surface area contributed by atoms with Crippen molar-refractivity contribution in [2.75, 3.05) is 14.2 Å². The lowest BCUT2D eigenvalue weighted by atomic mass is 9.89. The summed E-state index contributed by atoms with van der Waals surface area (Å²) >= 11 is 0. The Balaban J connectivity index is 2.09. The van der Waals surface area contributed by atoms with Gasteiger partial charge in [-0.3, -0.25) is 9.59 Å². The Hall–Kier alpha value is -3.41. The molecule has 6 nitrogen and oxygen atoms in total. The number of fused-ring (bicyclic) bond motifs is 1. The lowest BCUT2D eigenvalue weighted by molar-refractivity contribution is -0.142. The molecule has 0 N–H and O–H groups in total. The summed E-state index contributed by atoms with van der Waals surface area (Å²) in [5.41, 5.74) is 0.533. The van der Waals surface area contributed by atoms with Crippen molar-refractivity contribution in [1.82, 2.24) is 0 Å². The second-order valence-corrected chi connectivity index (χ2v) is 5.95. The Labute approximate surface area is 155 Å². The highest BCUT2D eigenvalue weighted by Gasteiger charge is 2.28. The van der Waals surface area contributed by atoms with Gasteiger partial charge in [0.15, 0.2) is 5.78 Å². The number of rotatable bonds is 6. The van der Waals surface area contributed by atoms with Crippen LogP contribution >= 0.6 is 0 Å². The molecule has 0 radical (unpaired) electrons. The Bertz CT molecular complexity index is 1040. The summed E-state index contributed by atoms with van der Waals surface area (Å²) in [6.45, 7) is 0. The van der Waals surface area contributed by atoms with Crippen LogP contribution in [0.2, 0.25) is 0 Å². The van der Waals surface area contributed by atoms with Gasteiger partial charge in [-0.1, -0.05) is 30.3 Å². The van der Waals surface area contributed by atoms with Crippen LogP contribution in [-0.2, 0) is 9.53 Å². The Morgan fingerprint density at radius 1 is 1.04 bits per heavy atom. The van der Waals surface area contributed by atoms with Crippen LogP contribution in [-0.4, -0.2) is 26.0 Å². The molecule has 2 aromatic carbocycles. The molecule has 1 heterocycles. The molecule has 0 bridgehead atoms. The van der Waals surface area contributed by atoms with Gasteiger partial charge >= 0.3 is 11.6 Å². The Morgan fingerprint density at radius 3 is 2.44 bits per heavy atom. The third-order valence-corrected chi connectivity index (χ3v) is 4.33. The predicted octanol–water partition coefficient (Wildman–Crippen LogP) is 3.33. The molecule has 0 spiro atoms. The normalized spacial score (nSPS) is 11.8. The van der Waals surface area contributed by atoms with Crippen molar-refractivity contribution < 1.29 is 23.5 Å². The third-order valence-electron chi connectivity index (χ3n) is 4.33. The maximum atomic E-state index is 12.6. The fourth-order valence-electron chi connectivity index (χ4n) is 2.97. The van der Waals surface area contributed by atoms with Gasteiger partial charge < -0.3 is 13.9 Å². The monoisotopic (exact) mass is 366 g/mol. The zero-order valence-corrected chi connectivity index (χ0v) is 14.9. The summed E-state index contributed by atoms with van der Waals surface area (Å²) < 4.78 is 15.3. The smallest absolute Gasteiger partial charge is 0.336 e. The Kier molecular flexibility index (Phi) is 5.35. The fourth-order valence-corrected chi connectivity index (χ4v) is 2.97. The van der Waals surface area contributed by atoms with Crippen molar-refractivity contribution in [1.29, 1.82) is 0 Å². The van der Waals surface area contributed by atoms with Crippen molar-refractivity contribution in [3.63, 3.8) is 0 Å². The average Bonchev–Trinajstić information content (AvgIpc) is 2.70. The summed E-state index contributed by atoms with van der Waals surface area (Å²) in [7, 11) is 2.75. The highest BCUT2D eigenvalue weighted by molar-refractivity contribution is 6.00. The number of ether oxygens (including phenoxy) is 2. The van der Waals surface area contributed by atoms with Crippen LogP contribution in [0.15, 0.2) is 63.8 Å². The second kappa shape index (κ2) is 7.86. The summed E-state index contributed by atoms with van der Waals surface area (Å²) in [6.07, 6.45) is -0.124. The molecule has 27 heavy (non-hydrogen) atoms. The number of hydrogen-bond donors (Lipinski definition) is 0. The first-order valence-corrected chi connectivity index (χ1v) is 8.31. The number of carbonyl (C=O) groups is 2. The summed E-state index contributed by atoms with van der Waals surface area (Å²) in [5, 5.41) is 0.548. The van der Waals surface area contributed by atoms with E-state index in [0.29, 0.717) is 22.3 Å². The van der Waals surface area contributed by atoms with Crippen molar-refractivity contribution in [2.45, 2.75) is 12.3 Å². The molecule has 3 aromatic rings. The molecule has 0 aliphatic heterocycles. The first-order chi connectivity index (χ1) is 13.0. The molecule has 138 valence electrons. The van der Waals surface area contributed by atoms with Crippen LogP contribution in [0.3, 0.4) is 0 Å². The van der Waals surface area contributed by atoms with E-state index in [1.54, 1.807) is 48.5 Å². The largest absolute Gasteiger partial charge is 0.497 e. The van der Waals surface area contributed by atoms with E-state index in [1.165, 1.54) is 20.3 Å². The van der Waals surface area contributed by atoms with Crippen LogP contribution < -0.4 is 10.4 Å². The van der Waals surface area contributed by atoms with Gasteiger partial charge in [0.25, 0.3) is 0 Å². The van der Waals surface area contributed by atoms with E-state index in [0.717, 1.165) is 0 Å². The number of carbonyl (C=O) groups excluding carboxylic acids is 2. The molecule has 1 atom stereocenters. The van der Waals surface area contributed by atoms with E-state index in [1.807, 2.05) is 0 Å². The van der Waals surface area contributed by atoms with Crippen LogP contribution in [0.25, 0.3) is 11.0 Å². The summed E-state index contributed by atoms with van der Waals surface area (Å²) in [4.78, 5) is 37.1. The molecule has 1 unspecified atom stereocenters.